The molecule has 0 aliphatic carbocycles. The third-order valence-electron chi connectivity index (χ3n) is 4.51. The van der Waals surface area contributed by atoms with E-state index in [1.807, 2.05) is 19.0 Å². The molecule has 0 saturated carbocycles. The number of benzene rings is 1. The van der Waals surface area contributed by atoms with Crippen molar-refractivity contribution in [3.8, 4) is 0 Å². The fourth-order valence-electron chi connectivity index (χ4n) is 2.87. The van der Waals surface area contributed by atoms with Crippen LogP contribution < -0.4 is 5.32 Å². The Morgan fingerprint density at radius 1 is 1.12 bits per heavy atom. The van der Waals surface area contributed by atoms with Gasteiger partial charge in [-0.3, -0.25) is 0 Å². The van der Waals surface area contributed by atoms with E-state index in [1.54, 1.807) is 23.1 Å². The normalized spacial score (nSPS) is 14.7. The number of hydrogen-bond donors (Lipinski definition) is 3. The summed E-state index contributed by atoms with van der Waals surface area (Å²) < 4.78 is 25.4. The van der Waals surface area contributed by atoms with Crippen LogP contribution in [-0.4, -0.2) is 91.9 Å². The van der Waals surface area contributed by atoms with Crippen LogP contribution in [0.25, 0.3) is 0 Å². The number of urea groups is 1. The van der Waals surface area contributed by atoms with Gasteiger partial charge in [-0.05, 0) is 39.1 Å². The number of amides is 2. The summed E-state index contributed by atoms with van der Waals surface area (Å²) >= 11 is 6.03. The predicted molar refractivity (Wildman–Crippen MR) is 120 cm³/mol. The maximum atomic E-state index is 12.7. The summed E-state index contributed by atoms with van der Waals surface area (Å²) in [6.45, 7) is 2.21. The molecule has 0 atom stereocenters. The van der Waals surface area contributed by atoms with Gasteiger partial charge in [0, 0.05) is 38.3 Å². The Morgan fingerprint density at radius 3 is 2.12 bits per heavy atom. The van der Waals surface area contributed by atoms with Crippen molar-refractivity contribution >= 4 is 39.4 Å². The van der Waals surface area contributed by atoms with E-state index in [4.69, 9.17) is 21.8 Å². The number of aliphatic carboxylic acids is 2. The lowest BCUT2D eigenvalue weighted by Gasteiger charge is -2.32. The van der Waals surface area contributed by atoms with Gasteiger partial charge in [-0.15, -0.1) is 0 Å². The van der Waals surface area contributed by atoms with Gasteiger partial charge in [0.1, 0.15) is 0 Å². The molecular formula is C20H28ClN3O7S. The number of nitrogens with zero attached hydrogens (tertiary/aromatic N) is 2. The lowest BCUT2D eigenvalue weighted by atomic mass is 10.1. The van der Waals surface area contributed by atoms with E-state index in [0.29, 0.717) is 44.6 Å². The summed E-state index contributed by atoms with van der Waals surface area (Å²) in [6, 6.07) is 6.37. The lowest BCUT2D eigenvalue weighted by molar-refractivity contribution is -0.134. The molecule has 2 amide bonds. The van der Waals surface area contributed by atoms with Crippen molar-refractivity contribution < 1.29 is 33.0 Å². The van der Waals surface area contributed by atoms with Crippen LogP contribution in [0.2, 0.25) is 5.02 Å². The molecule has 1 aliphatic rings. The van der Waals surface area contributed by atoms with Crippen molar-refractivity contribution in [2.45, 2.75) is 23.0 Å². The van der Waals surface area contributed by atoms with Crippen LogP contribution >= 0.6 is 11.6 Å². The number of rotatable bonds is 7. The molecular weight excluding hydrogens is 462 g/mol. The molecule has 3 N–H and O–H groups in total. The minimum Gasteiger partial charge on any atom is -0.478 e. The second-order valence-electron chi connectivity index (χ2n) is 7.21. The first-order valence-electron chi connectivity index (χ1n) is 9.75. The molecule has 0 unspecified atom stereocenters. The second-order valence-corrected chi connectivity index (χ2v) is 9.81. The standard InChI is InChI=1S/C16H24ClN3O3S.C4H4O4/c1-19(2)12-9-18-16(21)20-10-7-13(8-11-20)24(22,23)15-6-4-3-5-14(15)17;5-3(6)1-2-4(7)8/h3-6,13H,7-12H2,1-2H3,(H,18,21);1-2H,(H,5,6)(H,7,8). The number of piperidine rings is 1. The minimum absolute atomic E-state index is 0.134. The number of likely N-dealkylation sites (tertiary alicyclic amines) is 1. The molecule has 1 saturated heterocycles. The van der Waals surface area contributed by atoms with Crippen molar-refractivity contribution in [2.75, 3.05) is 40.3 Å². The zero-order valence-electron chi connectivity index (χ0n) is 17.9. The van der Waals surface area contributed by atoms with E-state index < -0.39 is 27.0 Å². The highest BCUT2D eigenvalue weighted by atomic mass is 35.5. The predicted octanol–water partition coefficient (Wildman–Crippen LogP) is 1.56. The molecule has 178 valence electrons. The molecule has 2 rings (SSSR count). The molecule has 1 aromatic rings. The lowest BCUT2D eigenvalue weighted by Crippen LogP contribution is -2.48. The Balaban J connectivity index is 0.000000547. The van der Waals surface area contributed by atoms with Crippen LogP contribution in [0, 0.1) is 0 Å². The van der Waals surface area contributed by atoms with Gasteiger partial charge in [0.25, 0.3) is 0 Å². The number of hydrogen-bond acceptors (Lipinski definition) is 6. The van der Waals surface area contributed by atoms with E-state index in [1.165, 1.54) is 6.07 Å². The largest absolute Gasteiger partial charge is 0.478 e. The highest BCUT2D eigenvalue weighted by molar-refractivity contribution is 7.92. The number of carboxylic acid groups (broad SMARTS) is 2. The Bertz CT molecular complexity index is 911. The highest BCUT2D eigenvalue weighted by Crippen LogP contribution is 2.29. The van der Waals surface area contributed by atoms with Crippen molar-refractivity contribution in [2.24, 2.45) is 0 Å². The Hall–Kier alpha value is -2.63. The quantitative estimate of drug-likeness (QED) is 0.489. The van der Waals surface area contributed by atoms with Crippen molar-refractivity contribution in [3.05, 3.63) is 41.4 Å². The van der Waals surface area contributed by atoms with Crippen LogP contribution in [-0.2, 0) is 19.4 Å². The Labute approximate surface area is 192 Å². The minimum atomic E-state index is -3.47. The maximum Gasteiger partial charge on any atom is 0.328 e. The number of nitrogens with one attached hydrogen (secondary N) is 1. The first-order chi connectivity index (χ1) is 14.9. The average molecular weight is 490 g/mol. The highest BCUT2D eigenvalue weighted by Gasteiger charge is 2.33. The molecule has 32 heavy (non-hydrogen) atoms. The van der Waals surface area contributed by atoms with Crippen LogP contribution in [0.5, 0.6) is 0 Å². The number of carbonyl (C=O) groups excluding carboxylic acids is 1. The first kappa shape index (κ1) is 27.4. The third kappa shape index (κ3) is 9.25. The summed E-state index contributed by atoms with van der Waals surface area (Å²) in [5, 5.41) is 18.2. The van der Waals surface area contributed by atoms with Gasteiger partial charge in [-0.2, -0.15) is 0 Å². The van der Waals surface area contributed by atoms with E-state index in [9.17, 15) is 22.8 Å². The Kier molecular flexibility index (Phi) is 11.2. The number of carbonyl (C=O) groups is 3. The van der Waals surface area contributed by atoms with Crippen LogP contribution in [0.4, 0.5) is 4.79 Å². The molecule has 1 aromatic carbocycles. The number of carboxylic acids is 2. The second kappa shape index (κ2) is 13.0. The van der Waals surface area contributed by atoms with E-state index in [-0.39, 0.29) is 15.9 Å². The summed E-state index contributed by atoms with van der Waals surface area (Å²) in [5.41, 5.74) is 0. The van der Waals surface area contributed by atoms with E-state index in [2.05, 4.69) is 5.32 Å². The Morgan fingerprint density at radius 2 is 1.66 bits per heavy atom. The van der Waals surface area contributed by atoms with Gasteiger partial charge in [-0.25, -0.2) is 22.8 Å². The molecule has 0 aromatic heterocycles. The molecule has 1 fully saturated rings. The topological polar surface area (TPSA) is 144 Å². The van der Waals surface area contributed by atoms with Crippen LogP contribution in [0.1, 0.15) is 12.8 Å². The smallest absolute Gasteiger partial charge is 0.328 e. The first-order valence-corrected chi connectivity index (χ1v) is 11.7. The molecule has 0 radical (unpaired) electrons. The summed E-state index contributed by atoms with van der Waals surface area (Å²) in [6.07, 6.45) is 1.97. The van der Waals surface area contributed by atoms with E-state index >= 15 is 0 Å². The fourth-order valence-corrected chi connectivity index (χ4v) is 5.12. The van der Waals surface area contributed by atoms with Gasteiger partial charge >= 0.3 is 18.0 Å². The van der Waals surface area contributed by atoms with Gasteiger partial charge in [0.05, 0.1) is 15.2 Å². The number of likely N-dealkylation sites (N-methyl/N-ethyl adjacent to an activating group) is 1. The van der Waals surface area contributed by atoms with Gasteiger partial charge < -0.3 is 25.3 Å². The molecule has 1 aliphatic heterocycles. The summed E-state index contributed by atoms with van der Waals surface area (Å²) in [5.74, 6) is -2.51. The zero-order valence-corrected chi connectivity index (χ0v) is 19.5. The molecule has 0 spiro atoms. The monoisotopic (exact) mass is 489 g/mol. The molecule has 10 nitrogen and oxygen atoms in total. The zero-order chi connectivity index (χ0) is 24.3. The molecule has 1 heterocycles. The van der Waals surface area contributed by atoms with Crippen molar-refractivity contribution in [1.82, 2.24) is 15.1 Å². The van der Waals surface area contributed by atoms with Crippen molar-refractivity contribution in [1.29, 1.82) is 0 Å². The summed E-state index contributed by atoms with van der Waals surface area (Å²) in [4.78, 5) is 35.0. The molecule has 0 bridgehead atoms. The third-order valence-corrected chi connectivity index (χ3v) is 7.27. The average Bonchev–Trinajstić information content (AvgIpc) is 2.72. The van der Waals surface area contributed by atoms with Crippen LogP contribution in [0.3, 0.4) is 0 Å². The number of sulfone groups is 1. The van der Waals surface area contributed by atoms with Gasteiger partial charge in [0.15, 0.2) is 9.84 Å². The SMILES string of the molecule is CN(C)CCNC(=O)N1CCC(S(=O)(=O)c2ccccc2Cl)CC1.O=C(O)C=CC(=O)O. The molecule has 12 heteroatoms. The van der Waals surface area contributed by atoms with Crippen LogP contribution in [0.15, 0.2) is 41.3 Å². The van der Waals surface area contributed by atoms with E-state index in [0.717, 1.165) is 6.54 Å². The number of halogens is 1. The summed E-state index contributed by atoms with van der Waals surface area (Å²) in [7, 11) is 0.416. The van der Waals surface area contributed by atoms with Crippen molar-refractivity contribution in [3.63, 3.8) is 0 Å². The van der Waals surface area contributed by atoms with Gasteiger partial charge in [-0.1, -0.05) is 23.7 Å². The maximum absolute atomic E-state index is 12.7. The van der Waals surface area contributed by atoms with Gasteiger partial charge in [0.2, 0.25) is 0 Å². The fraction of sp³-hybridized carbons (Fsp3) is 0.450.